The van der Waals surface area contributed by atoms with Crippen LogP contribution in [0, 0.1) is 0 Å². The van der Waals surface area contributed by atoms with Crippen LogP contribution >= 0.6 is 22.7 Å². The molecule has 1 amide bonds. The summed E-state index contributed by atoms with van der Waals surface area (Å²) in [6.45, 7) is 7.35. The van der Waals surface area contributed by atoms with Crippen molar-refractivity contribution in [3.63, 3.8) is 0 Å². The quantitative estimate of drug-likeness (QED) is 0.582. The van der Waals surface area contributed by atoms with Crippen LogP contribution in [0.2, 0.25) is 0 Å². The number of carbonyl (C=O) groups is 1. The van der Waals surface area contributed by atoms with Gasteiger partial charge in [-0.2, -0.15) is 0 Å². The second-order valence-corrected chi connectivity index (χ2v) is 11.0. The van der Waals surface area contributed by atoms with Crippen LogP contribution in [0.3, 0.4) is 0 Å². The van der Waals surface area contributed by atoms with E-state index < -0.39 is 0 Å². The predicted molar refractivity (Wildman–Crippen MR) is 135 cm³/mol. The molecule has 5 rings (SSSR count). The summed E-state index contributed by atoms with van der Waals surface area (Å²) in [5.74, 6) is -0.0601. The van der Waals surface area contributed by atoms with E-state index in [1.54, 1.807) is 22.7 Å². The number of hydrogen-bond donors (Lipinski definition) is 1. The first-order valence-corrected chi connectivity index (χ1v) is 13.1. The smallest absolute Gasteiger partial charge is 0.232 e. The molecular weight excluding hydrogens is 452 g/mol. The standard InChI is InChI=1S/C24H30N6OS2/c1-28-8-10-30(11-9-28)14-17-4-3-5-18(12-17)23-25-19(16-32-23)13-22(31)27-24-26-20-6-7-29(2)15-21(20)33-24/h3-5,12,16H,6-11,13-15H2,1-2H3,(H,26,27,31). The van der Waals surface area contributed by atoms with Gasteiger partial charge < -0.3 is 15.1 Å². The Morgan fingerprint density at radius 2 is 1.94 bits per heavy atom. The van der Waals surface area contributed by atoms with Crippen molar-refractivity contribution in [3.05, 3.63) is 51.5 Å². The SMILES string of the molecule is CN1CCN(Cc2cccc(-c3nc(CC(=O)Nc4nc5c(s4)CN(C)CC5)cs3)c2)CC1. The van der Waals surface area contributed by atoms with Gasteiger partial charge in [-0.15, -0.1) is 22.7 Å². The van der Waals surface area contributed by atoms with Gasteiger partial charge in [0.25, 0.3) is 0 Å². The molecule has 9 heteroatoms. The first-order valence-electron chi connectivity index (χ1n) is 11.4. The fourth-order valence-corrected chi connectivity index (χ4v) is 6.21. The maximum absolute atomic E-state index is 12.6. The minimum Gasteiger partial charge on any atom is -0.304 e. The van der Waals surface area contributed by atoms with Crippen molar-refractivity contribution in [1.29, 1.82) is 0 Å². The molecule has 0 radical (unpaired) electrons. The second kappa shape index (κ2) is 9.99. The fraction of sp³-hybridized carbons (Fsp3) is 0.458. The van der Waals surface area contributed by atoms with Crippen LogP contribution in [0.15, 0.2) is 29.6 Å². The number of carbonyl (C=O) groups excluding carboxylic acids is 1. The molecule has 3 aromatic rings. The maximum Gasteiger partial charge on any atom is 0.232 e. The minimum atomic E-state index is -0.0601. The Labute approximate surface area is 203 Å². The summed E-state index contributed by atoms with van der Waals surface area (Å²) < 4.78 is 0. The number of piperazine rings is 1. The van der Waals surface area contributed by atoms with E-state index >= 15 is 0 Å². The average molecular weight is 483 g/mol. The Morgan fingerprint density at radius 3 is 2.79 bits per heavy atom. The van der Waals surface area contributed by atoms with Crippen molar-refractivity contribution < 1.29 is 4.79 Å². The van der Waals surface area contributed by atoms with E-state index in [0.717, 1.165) is 74.2 Å². The summed E-state index contributed by atoms with van der Waals surface area (Å²) in [7, 11) is 4.30. The lowest BCUT2D eigenvalue weighted by Crippen LogP contribution is -2.43. The van der Waals surface area contributed by atoms with Crippen LogP contribution in [0.5, 0.6) is 0 Å². The number of benzene rings is 1. The van der Waals surface area contributed by atoms with Crippen molar-refractivity contribution in [3.8, 4) is 10.6 Å². The molecule has 0 spiro atoms. The molecule has 7 nitrogen and oxygen atoms in total. The highest BCUT2D eigenvalue weighted by atomic mass is 32.1. The largest absolute Gasteiger partial charge is 0.304 e. The van der Waals surface area contributed by atoms with Gasteiger partial charge in [-0.25, -0.2) is 9.97 Å². The molecule has 2 aliphatic heterocycles. The molecule has 174 valence electrons. The number of anilines is 1. The van der Waals surface area contributed by atoms with Gasteiger partial charge in [0.05, 0.1) is 17.8 Å². The van der Waals surface area contributed by atoms with Crippen LogP contribution in [0.25, 0.3) is 10.6 Å². The van der Waals surface area contributed by atoms with Crippen molar-refractivity contribution in [2.45, 2.75) is 25.9 Å². The summed E-state index contributed by atoms with van der Waals surface area (Å²) >= 11 is 3.19. The van der Waals surface area contributed by atoms with Gasteiger partial charge >= 0.3 is 0 Å². The summed E-state index contributed by atoms with van der Waals surface area (Å²) in [5.41, 5.74) is 4.36. The molecular formula is C24H30N6OS2. The zero-order valence-electron chi connectivity index (χ0n) is 19.2. The van der Waals surface area contributed by atoms with E-state index in [9.17, 15) is 4.79 Å². The van der Waals surface area contributed by atoms with Crippen LogP contribution in [0.4, 0.5) is 5.13 Å². The highest BCUT2D eigenvalue weighted by Crippen LogP contribution is 2.28. The van der Waals surface area contributed by atoms with Gasteiger partial charge in [-0.3, -0.25) is 9.69 Å². The second-order valence-electron chi connectivity index (χ2n) is 9.03. The number of nitrogens with zero attached hydrogens (tertiary/aromatic N) is 5. The van der Waals surface area contributed by atoms with E-state index in [2.05, 4.69) is 63.4 Å². The zero-order chi connectivity index (χ0) is 22.8. The van der Waals surface area contributed by atoms with Crippen LogP contribution < -0.4 is 5.32 Å². The lowest BCUT2D eigenvalue weighted by atomic mass is 10.1. The van der Waals surface area contributed by atoms with Gasteiger partial charge in [0, 0.05) is 68.1 Å². The first kappa shape index (κ1) is 22.6. The third kappa shape index (κ3) is 5.67. The predicted octanol–water partition coefficient (Wildman–Crippen LogP) is 3.18. The fourth-order valence-electron chi connectivity index (χ4n) is 4.29. The molecule has 1 saturated heterocycles. The third-order valence-electron chi connectivity index (χ3n) is 6.24. The number of rotatable bonds is 6. The molecule has 1 aromatic carbocycles. The molecule has 2 aromatic heterocycles. The summed E-state index contributed by atoms with van der Waals surface area (Å²) in [5, 5.41) is 6.63. The van der Waals surface area contributed by atoms with Gasteiger partial charge in [-0.05, 0) is 25.7 Å². The Bertz CT molecular complexity index is 1120. The molecule has 0 unspecified atom stereocenters. The van der Waals surface area contributed by atoms with Crippen molar-refractivity contribution in [1.82, 2.24) is 24.7 Å². The lowest BCUT2D eigenvalue weighted by Gasteiger charge is -2.32. The molecule has 2 aliphatic rings. The van der Waals surface area contributed by atoms with E-state index in [1.165, 1.54) is 10.4 Å². The van der Waals surface area contributed by atoms with E-state index in [4.69, 9.17) is 4.98 Å². The first-order chi connectivity index (χ1) is 16.0. The molecule has 4 heterocycles. The van der Waals surface area contributed by atoms with E-state index in [1.807, 2.05) is 5.38 Å². The zero-order valence-corrected chi connectivity index (χ0v) is 20.8. The van der Waals surface area contributed by atoms with Gasteiger partial charge in [0.1, 0.15) is 5.01 Å². The highest BCUT2D eigenvalue weighted by Gasteiger charge is 2.20. The van der Waals surface area contributed by atoms with Crippen molar-refractivity contribution >= 4 is 33.7 Å². The number of amides is 1. The molecule has 1 fully saturated rings. The van der Waals surface area contributed by atoms with Crippen LogP contribution in [-0.2, 0) is 30.7 Å². The van der Waals surface area contributed by atoms with Crippen molar-refractivity contribution in [2.24, 2.45) is 0 Å². The molecule has 0 atom stereocenters. The Morgan fingerprint density at radius 1 is 1.09 bits per heavy atom. The molecule has 0 saturated carbocycles. The number of hydrogen-bond acceptors (Lipinski definition) is 8. The average Bonchev–Trinajstić information content (AvgIpc) is 3.41. The van der Waals surface area contributed by atoms with Gasteiger partial charge in [0.15, 0.2) is 5.13 Å². The number of aromatic nitrogens is 2. The number of nitrogens with one attached hydrogen (secondary N) is 1. The number of likely N-dealkylation sites (N-methyl/N-ethyl adjacent to an activating group) is 2. The van der Waals surface area contributed by atoms with Crippen molar-refractivity contribution in [2.75, 3.05) is 52.1 Å². The minimum absolute atomic E-state index is 0.0601. The molecule has 0 aliphatic carbocycles. The highest BCUT2D eigenvalue weighted by molar-refractivity contribution is 7.15. The number of thiazole rings is 2. The Hall–Kier alpha value is -2.17. The monoisotopic (exact) mass is 482 g/mol. The molecule has 0 bridgehead atoms. The molecule has 33 heavy (non-hydrogen) atoms. The topological polar surface area (TPSA) is 64.6 Å². The summed E-state index contributed by atoms with van der Waals surface area (Å²) in [6.07, 6.45) is 1.21. The lowest BCUT2D eigenvalue weighted by molar-refractivity contribution is -0.115. The van der Waals surface area contributed by atoms with E-state index in [0.29, 0.717) is 5.13 Å². The maximum atomic E-state index is 12.6. The van der Waals surface area contributed by atoms with Gasteiger partial charge in [0.2, 0.25) is 5.91 Å². The Balaban J connectivity index is 1.19. The summed E-state index contributed by atoms with van der Waals surface area (Å²) in [6, 6.07) is 8.64. The van der Waals surface area contributed by atoms with Crippen LogP contribution in [0.1, 0.15) is 21.8 Å². The Kier molecular flexibility index (Phi) is 6.84. The number of fused-ring (bicyclic) bond motifs is 1. The van der Waals surface area contributed by atoms with E-state index in [-0.39, 0.29) is 12.3 Å². The summed E-state index contributed by atoms with van der Waals surface area (Å²) in [4.78, 5) is 30.4. The molecule has 1 N–H and O–H groups in total. The normalized spacial score (nSPS) is 17.8. The van der Waals surface area contributed by atoms with Crippen LogP contribution in [-0.4, -0.2) is 77.4 Å². The van der Waals surface area contributed by atoms with Gasteiger partial charge in [-0.1, -0.05) is 18.2 Å². The third-order valence-corrected chi connectivity index (χ3v) is 8.18.